The van der Waals surface area contributed by atoms with E-state index < -0.39 is 18.0 Å². The molecule has 2 aromatic rings. The van der Waals surface area contributed by atoms with Crippen LogP contribution < -0.4 is 24.3 Å². The second-order valence-corrected chi connectivity index (χ2v) is 6.26. The molecule has 154 valence electrons. The predicted octanol–water partition coefficient (Wildman–Crippen LogP) is 1.75. The third kappa shape index (κ3) is 5.31. The van der Waals surface area contributed by atoms with Crippen molar-refractivity contribution in [2.45, 2.75) is 12.5 Å². The van der Waals surface area contributed by atoms with E-state index in [-0.39, 0.29) is 13.2 Å². The quantitative estimate of drug-likeness (QED) is 0.674. The van der Waals surface area contributed by atoms with Crippen molar-refractivity contribution in [2.75, 3.05) is 34.0 Å². The van der Waals surface area contributed by atoms with E-state index in [9.17, 15) is 9.59 Å². The Labute approximate surface area is 168 Å². The smallest absolute Gasteiger partial charge is 0.351 e. The molecule has 1 amide bonds. The van der Waals surface area contributed by atoms with Gasteiger partial charge in [0.05, 0.1) is 14.2 Å². The Balaban J connectivity index is 1.40. The van der Waals surface area contributed by atoms with Gasteiger partial charge in [0, 0.05) is 6.54 Å². The van der Waals surface area contributed by atoms with E-state index in [0.717, 1.165) is 5.56 Å². The van der Waals surface area contributed by atoms with Gasteiger partial charge in [0.25, 0.3) is 5.91 Å². The van der Waals surface area contributed by atoms with E-state index in [0.29, 0.717) is 36.0 Å². The second kappa shape index (κ2) is 9.68. The highest BCUT2D eigenvalue weighted by Crippen LogP contribution is 2.31. The monoisotopic (exact) mass is 401 g/mol. The van der Waals surface area contributed by atoms with Crippen LogP contribution in [0.3, 0.4) is 0 Å². The molecule has 0 radical (unpaired) electrons. The first-order chi connectivity index (χ1) is 14.1. The minimum absolute atomic E-state index is 0.0385. The molecule has 1 aliphatic rings. The maximum absolute atomic E-state index is 12.1. The van der Waals surface area contributed by atoms with Crippen LogP contribution in [0, 0.1) is 0 Å². The third-order valence-electron chi connectivity index (χ3n) is 4.30. The number of methoxy groups -OCH3 is 2. The first kappa shape index (κ1) is 20.3. The number of amides is 1. The van der Waals surface area contributed by atoms with Crippen LogP contribution in [0.1, 0.15) is 5.56 Å². The Morgan fingerprint density at radius 2 is 1.83 bits per heavy atom. The van der Waals surface area contributed by atoms with E-state index in [1.165, 1.54) is 0 Å². The molecule has 0 saturated heterocycles. The molecule has 0 bridgehead atoms. The number of fused-ring (bicyclic) bond motifs is 1. The number of ether oxygens (including phenoxy) is 5. The maximum Gasteiger partial charge on any atom is 0.351 e. The van der Waals surface area contributed by atoms with Gasteiger partial charge in [-0.2, -0.15) is 0 Å². The minimum Gasteiger partial charge on any atom is -0.493 e. The van der Waals surface area contributed by atoms with Gasteiger partial charge >= 0.3 is 5.97 Å². The van der Waals surface area contributed by atoms with Gasteiger partial charge in [-0.3, -0.25) is 4.79 Å². The van der Waals surface area contributed by atoms with Crippen LogP contribution in [0.2, 0.25) is 0 Å². The summed E-state index contributed by atoms with van der Waals surface area (Å²) in [5.41, 5.74) is 0.978. The fourth-order valence-corrected chi connectivity index (χ4v) is 2.80. The Hall–Kier alpha value is -3.42. The maximum atomic E-state index is 12.1. The summed E-state index contributed by atoms with van der Waals surface area (Å²) in [5, 5.41) is 2.71. The van der Waals surface area contributed by atoms with Crippen LogP contribution in [0.15, 0.2) is 42.5 Å². The molecular formula is C21H23NO7. The summed E-state index contributed by atoms with van der Waals surface area (Å²) < 4.78 is 26.5. The van der Waals surface area contributed by atoms with Crippen LogP contribution in [-0.2, 0) is 20.7 Å². The van der Waals surface area contributed by atoms with Crippen molar-refractivity contribution in [1.82, 2.24) is 5.32 Å². The van der Waals surface area contributed by atoms with Crippen LogP contribution in [0.4, 0.5) is 0 Å². The molecular weight excluding hydrogens is 378 g/mol. The number of nitrogens with one attached hydrogen (secondary N) is 1. The Morgan fingerprint density at radius 3 is 2.59 bits per heavy atom. The highest BCUT2D eigenvalue weighted by atomic mass is 16.6. The highest BCUT2D eigenvalue weighted by molar-refractivity contribution is 5.82. The highest BCUT2D eigenvalue weighted by Gasteiger charge is 2.29. The van der Waals surface area contributed by atoms with Gasteiger partial charge in [-0.1, -0.05) is 18.2 Å². The standard InChI is InChI=1S/C21H23NO7/c1-25-15-8-7-14(11-18(15)26-2)9-10-22-20(23)13-28-21(24)19-12-27-16-5-3-4-6-17(16)29-19/h3-8,11,19H,9-10,12-13H2,1-2H3,(H,22,23)/t19-/m1/s1. The molecule has 3 rings (SSSR count). The topological polar surface area (TPSA) is 92.3 Å². The third-order valence-corrected chi connectivity index (χ3v) is 4.30. The molecule has 8 nitrogen and oxygen atoms in total. The van der Waals surface area contributed by atoms with Crippen molar-refractivity contribution in [2.24, 2.45) is 0 Å². The van der Waals surface area contributed by atoms with Gasteiger partial charge in [0.2, 0.25) is 6.10 Å². The lowest BCUT2D eigenvalue weighted by Crippen LogP contribution is -2.39. The first-order valence-electron chi connectivity index (χ1n) is 9.13. The summed E-state index contributed by atoms with van der Waals surface area (Å²) in [4.78, 5) is 24.0. The number of hydrogen-bond donors (Lipinski definition) is 1. The van der Waals surface area contributed by atoms with E-state index in [4.69, 9.17) is 23.7 Å². The molecule has 1 atom stereocenters. The molecule has 0 spiro atoms. The summed E-state index contributed by atoms with van der Waals surface area (Å²) in [6.45, 7) is 0.0469. The van der Waals surface area contributed by atoms with Crippen molar-refractivity contribution < 1.29 is 33.3 Å². The Kier molecular flexibility index (Phi) is 6.78. The van der Waals surface area contributed by atoms with Crippen LogP contribution in [0.5, 0.6) is 23.0 Å². The molecule has 2 aromatic carbocycles. The Bertz CT molecular complexity index is 868. The van der Waals surface area contributed by atoms with E-state index in [1.807, 2.05) is 24.3 Å². The lowest BCUT2D eigenvalue weighted by molar-refractivity contribution is -0.157. The SMILES string of the molecule is COc1ccc(CCNC(=O)COC(=O)[C@H]2COc3ccccc3O2)cc1OC. The molecule has 0 saturated carbocycles. The van der Waals surface area contributed by atoms with Gasteiger partial charge in [-0.25, -0.2) is 4.79 Å². The summed E-state index contributed by atoms with van der Waals surface area (Å²) >= 11 is 0. The number of esters is 1. The fraction of sp³-hybridized carbons (Fsp3) is 0.333. The zero-order valence-corrected chi connectivity index (χ0v) is 16.3. The molecule has 1 heterocycles. The number of carbonyl (C=O) groups is 2. The first-order valence-corrected chi connectivity index (χ1v) is 9.13. The number of benzene rings is 2. The molecule has 29 heavy (non-hydrogen) atoms. The zero-order valence-electron chi connectivity index (χ0n) is 16.3. The van der Waals surface area contributed by atoms with Gasteiger partial charge < -0.3 is 29.0 Å². The van der Waals surface area contributed by atoms with Crippen molar-refractivity contribution in [1.29, 1.82) is 0 Å². The average Bonchev–Trinajstić information content (AvgIpc) is 2.76. The molecule has 0 unspecified atom stereocenters. The number of rotatable bonds is 8. The summed E-state index contributed by atoms with van der Waals surface area (Å²) in [7, 11) is 3.14. The second-order valence-electron chi connectivity index (χ2n) is 6.26. The Morgan fingerprint density at radius 1 is 1.07 bits per heavy atom. The molecule has 8 heteroatoms. The van der Waals surface area contributed by atoms with Crippen LogP contribution >= 0.6 is 0 Å². The van der Waals surface area contributed by atoms with Crippen LogP contribution in [0.25, 0.3) is 0 Å². The lowest BCUT2D eigenvalue weighted by atomic mass is 10.1. The number of hydrogen-bond acceptors (Lipinski definition) is 7. The predicted molar refractivity (Wildman–Crippen MR) is 104 cm³/mol. The average molecular weight is 401 g/mol. The largest absolute Gasteiger partial charge is 0.493 e. The number of para-hydroxylation sites is 2. The summed E-state index contributed by atoms with van der Waals surface area (Å²) in [6.07, 6.45) is -0.305. The van der Waals surface area contributed by atoms with Gasteiger partial charge in [-0.15, -0.1) is 0 Å². The molecule has 0 aromatic heterocycles. The molecule has 0 aliphatic carbocycles. The van der Waals surface area contributed by atoms with Crippen LogP contribution in [-0.4, -0.2) is 52.0 Å². The van der Waals surface area contributed by atoms with E-state index in [1.54, 1.807) is 32.4 Å². The summed E-state index contributed by atoms with van der Waals surface area (Å²) in [6, 6.07) is 12.6. The van der Waals surface area contributed by atoms with E-state index in [2.05, 4.69) is 5.32 Å². The van der Waals surface area contributed by atoms with Crippen molar-refractivity contribution in [3.63, 3.8) is 0 Å². The van der Waals surface area contributed by atoms with Crippen molar-refractivity contribution in [3.05, 3.63) is 48.0 Å². The molecule has 1 N–H and O–H groups in total. The minimum atomic E-state index is -0.899. The van der Waals surface area contributed by atoms with Gasteiger partial charge in [0.1, 0.15) is 6.61 Å². The molecule has 1 aliphatic heterocycles. The van der Waals surface area contributed by atoms with Gasteiger partial charge in [-0.05, 0) is 36.2 Å². The zero-order chi connectivity index (χ0) is 20.6. The lowest BCUT2D eigenvalue weighted by Gasteiger charge is -2.24. The van der Waals surface area contributed by atoms with Gasteiger partial charge in [0.15, 0.2) is 29.6 Å². The molecule has 0 fully saturated rings. The fourth-order valence-electron chi connectivity index (χ4n) is 2.80. The normalized spacial score (nSPS) is 14.6. The summed E-state index contributed by atoms with van der Waals surface area (Å²) in [5.74, 6) is 1.28. The van der Waals surface area contributed by atoms with Crippen molar-refractivity contribution in [3.8, 4) is 23.0 Å². The van der Waals surface area contributed by atoms with Crippen molar-refractivity contribution >= 4 is 11.9 Å². The van der Waals surface area contributed by atoms with E-state index >= 15 is 0 Å². The number of carbonyl (C=O) groups excluding carboxylic acids is 2.